The first-order valence-electron chi connectivity index (χ1n) is 8.73. The number of nitrogens with one attached hydrogen (secondary N) is 1. The van der Waals surface area contributed by atoms with E-state index in [-0.39, 0.29) is 12.4 Å². The lowest BCUT2D eigenvalue weighted by atomic mass is 9.84. The highest BCUT2D eigenvalue weighted by Crippen LogP contribution is 2.32. The van der Waals surface area contributed by atoms with Gasteiger partial charge >= 0.3 is 0 Å². The predicted molar refractivity (Wildman–Crippen MR) is 103 cm³/mol. The maximum atomic E-state index is 12.3. The molecule has 4 heteroatoms. The molecule has 0 bridgehead atoms. The predicted octanol–water partition coefficient (Wildman–Crippen LogP) is 4.67. The second-order valence-corrected chi connectivity index (χ2v) is 6.24. The summed E-state index contributed by atoms with van der Waals surface area (Å²) >= 11 is 0. The van der Waals surface area contributed by atoms with Crippen molar-refractivity contribution in [2.45, 2.75) is 38.0 Å². The Hall–Kier alpha value is -3.06. The van der Waals surface area contributed by atoms with E-state index >= 15 is 0 Å². The third-order valence-corrected chi connectivity index (χ3v) is 4.56. The van der Waals surface area contributed by atoms with Crippen LogP contribution in [0.2, 0.25) is 0 Å². The Labute approximate surface area is 154 Å². The van der Waals surface area contributed by atoms with Gasteiger partial charge in [-0.2, -0.15) is 0 Å². The standard InChI is InChI=1S/C21H21NO.CH2O2/c1-2-16-8-14-20(15-9-16)22-21(23)19-12-10-18(11-13-19)17-6-4-3-5-7-17;2-1-3/h1,8-15,17H,3-7H2,(H,22,23);1H,(H,2,3). The molecule has 0 heterocycles. The number of carbonyl (C=O) groups is 2. The first-order valence-corrected chi connectivity index (χ1v) is 8.73. The summed E-state index contributed by atoms with van der Waals surface area (Å²) in [7, 11) is 0. The molecule has 0 unspecified atom stereocenters. The van der Waals surface area contributed by atoms with Crippen LogP contribution in [-0.2, 0) is 4.79 Å². The van der Waals surface area contributed by atoms with Crippen molar-refractivity contribution in [2.75, 3.05) is 5.32 Å². The Morgan fingerprint density at radius 2 is 1.62 bits per heavy atom. The van der Waals surface area contributed by atoms with E-state index in [2.05, 4.69) is 23.4 Å². The third kappa shape index (κ3) is 5.49. The molecule has 0 aromatic heterocycles. The van der Waals surface area contributed by atoms with Crippen LogP contribution in [0.4, 0.5) is 5.69 Å². The van der Waals surface area contributed by atoms with Gasteiger partial charge in [0.25, 0.3) is 12.4 Å². The quantitative estimate of drug-likeness (QED) is 0.625. The number of hydrogen-bond donors (Lipinski definition) is 2. The fourth-order valence-corrected chi connectivity index (χ4v) is 3.20. The number of carboxylic acid groups (broad SMARTS) is 1. The monoisotopic (exact) mass is 349 g/mol. The summed E-state index contributed by atoms with van der Waals surface area (Å²) in [5, 5.41) is 9.79. The largest absolute Gasteiger partial charge is 0.483 e. The molecule has 26 heavy (non-hydrogen) atoms. The van der Waals surface area contributed by atoms with E-state index in [1.807, 2.05) is 36.4 Å². The van der Waals surface area contributed by atoms with E-state index in [0.717, 1.165) is 11.3 Å². The molecule has 0 atom stereocenters. The fraction of sp³-hybridized carbons (Fsp3) is 0.273. The van der Waals surface area contributed by atoms with E-state index in [9.17, 15) is 4.79 Å². The average Bonchev–Trinajstić information content (AvgIpc) is 2.70. The van der Waals surface area contributed by atoms with Crippen molar-refractivity contribution >= 4 is 18.1 Å². The van der Waals surface area contributed by atoms with Crippen molar-refractivity contribution in [3.8, 4) is 12.3 Å². The van der Waals surface area contributed by atoms with Crippen LogP contribution in [-0.4, -0.2) is 17.5 Å². The Kier molecular flexibility index (Phi) is 7.45. The van der Waals surface area contributed by atoms with Crippen LogP contribution in [0.3, 0.4) is 0 Å². The molecule has 4 nitrogen and oxygen atoms in total. The molecular formula is C22H23NO3. The number of carbonyl (C=O) groups excluding carboxylic acids is 1. The first kappa shape index (κ1) is 19.3. The maximum Gasteiger partial charge on any atom is 0.290 e. The minimum atomic E-state index is -0.250. The molecule has 3 rings (SSSR count). The molecule has 1 saturated carbocycles. The number of benzene rings is 2. The van der Waals surface area contributed by atoms with Crippen LogP contribution in [0.5, 0.6) is 0 Å². The van der Waals surface area contributed by atoms with E-state index < -0.39 is 0 Å². The molecule has 1 aliphatic rings. The minimum absolute atomic E-state index is 0.0892. The lowest BCUT2D eigenvalue weighted by Gasteiger charge is -2.22. The third-order valence-electron chi connectivity index (χ3n) is 4.56. The lowest BCUT2D eigenvalue weighted by molar-refractivity contribution is -0.122. The van der Waals surface area contributed by atoms with Gasteiger partial charge < -0.3 is 10.4 Å². The second-order valence-electron chi connectivity index (χ2n) is 6.24. The van der Waals surface area contributed by atoms with Gasteiger partial charge in [-0.25, -0.2) is 0 Å². The van der Waals surface area contributed by atoms with E-state index in [4.69, 9.17) is 16.3 Å². The molecular weight excluding hydrogens is 326 g/mol. The van der Waals surface area contributed by atoms with E-state index in [1.165, 1.54) is 37.7 Å². The fourth-order valence-electron chi connectivity index (χ4n) is 3.20. The molecule has 0 aliphatic heterocycles. The van der Waals surface area contributed by atoms with Gasteiger partial charge in [0, 0.05) is 16.8 Å². The van der Waals surface area contributed by atoms with Gasteiger partial charge in [0.15, 0.2) is 0 Å². The second kappa shape index (κ2) is 10.0. The van der Waals surface area contributed by atoms with Gasteiger partial charge in [-0.15, -0.1) is 6.42 Å². The van der Waals surface area contributed by atoms with Crippen LogP contribution in [0, 0.1) is 12.3 Å². The zero-order valence-electron chi connectivity index (χ0n) is 14.7. The van der Waals surface area contributed by atoms with Crippen molar-refractivity contribution < 1.29 is 14.7 Å². The number of amides is 1. The van der Waals surface area contributed by atoms with E-state index in [0.29, 0.717) is 11.5 Å². The highest BCUT2D eigenvalue weighted by atomic mass is 16.3. The van der Waals surface area contributed by atoms with Gasteiger partial charge in [-0.3, -0.25) is 9.59 Å². The summed E-state index contributed by atoms with van der Waals surface area (Å²) in [6.07, 6.45) is 11.9. The summed E-state index contributed by atoms with van der Waals surface area (Å²) in [4.78, 5) is 20.7. The number of rotatable bonds is 3. The smallest absolute Gasteiger partial charge is 0.290 e. The zero-order valence-corrected chi connectivity index (χ0v) is 14.7. The average molecular weight is 349 g/mol. The summed E-state index contributed by atoms with van der Waals surface area (Å²) in [6, 6.07) is 15.3. The molecule has 0 saturated heterocycles. The summed E-state index contributed by atoms with van der Waals surface area (Å²) in [5.41, 5.74) is 3.61. The van der Waals surface area contributed by atoms with Crippen molar-refractivity contribution in [2.24, 2.45) is 0 Å². The van der Waals surface area contributed by atoms with Crippen LogP contribution in [0.1, 0.15) is 59.5 Å². The molecule has 134 valence electrons. The highest BCUT2D eigenvalue weighted by molar-refractivity contribution is 6.04. The Balaban J connectivity index is 0.000000758. The summed E-state index contributed by atoms with van der Waals surface area (Å²) < 4.78 is 0. The molecule has 2 aromatic rings. The molecule has 2 aromatic carbocycles. The number of terminal acetylenes is 1. The molecule has 0 spiro atoms. The van der Waals surface area contributed by atoms with Crippen LogP contribution in [0.15, 0.2) is 48.5 Å². The molecule has 2 N–H and O–H groups in total. The van der Waals surface area contributed by atoms with Crippen LogP contribution >= 0.6 is 0 Å². The minimum Gasteiger partial charge on any atom is -0.483 e. The van der Waals surface area contributed by atoms with Crippen molar-refractivity contribution in [1.29, 1.82) is 0 Å². The summed E-state index contributed by atoms with van der Waals surface area (Å²) in [5.74, 6) is 3.14. The van der Waals surface area contributed by atoms with Crippen molar-refractivity contribution in [3.63, 3.8) is 0 Å². The van der Waals surface area contributed by atoms with Crippen molar-refractivity contribution in [1.82, 2.24) is 0 Å². The van der Waals surface area contributed by atoms with Crippen LogP contribution < -0.4 is 5.32 Å². The van der Waals surface area contributed by atoms with Crippen molar-refractivity contribution in [3.05, 3.63) is 65.2 Å². The molecule has 1 aliphatic carbocycles. The molecule has 0 radical (unpaired) electrons. The summed E-state index contributed by atoms with van der Waals surface area (Å²) in [6.45, 7) is -0.250. The van der Waals surface area contributed by atoms with E-state index in [1.54, 1.807) is 0 Å². The number of anilines is 1. The maximum absolute atomic E-state index is 12.3. The van der Waals surface area contributed by atoms with Gasteiger partial charge in [-0.05, 0) is 60.7 Å². The topological polar surface area (TPSA) is 66.4 Å². The lowest BCUT2D eigenvalue weighted by Crippen LogP contribution is -2.12. The molecule has 1 amide bonds. The highest BCUT2D eigenvalue weighted by Gasteiger charge is 2.15. The van der Waals surface area contributed by atoms with Gasteiger partial charge in [0.2, 0.25) is 0 Å². The Bertz CT molecular complexity index is 751. The number of hydrogen-bond acceptors (Lipinski definition) is 2. The Morgan fingerprint density at radius 3 is 2.15 bits per heavy atom. The van der Waals surface area contributed by atoms with Crippen LogP contribution in [0.25, 0.3) is 0 Å². The molecule has 1 fully saturated rings. The SMILES string of the molecule is C#Cc1ccc(NC(=O)c2ccc(C3CCCCC3)cc2)cc1.O=CO. The Morgan fingerprint density at radius 1 is 1.04 bits per heavy atom. The normalized spacial score (nSPS) is 13.7. The first-order chi connectivity index (χ1) is 12.7. The zero-order chi connectivity index (χ0) is 18.8. The van der Waals surface area contributed by atoms with Gasteiger partial charge in [-0.1, -0.05) is 37.3 Å². The van der Waals surface area contributed by atoms with Gasteiger partial charge in [0.1, 0.15) is 0 Å². The van der Waals surface area contributed by atoms with Gasteiger partial charge in [0.05, 0.1) is 0 Å².